The molecule has 0 spiro atoms. The second-order valence-corrected chi connectivity index (χ2v) is 5.36. The van der Waals surface area contributed by atoms with Crippen molar-refractivity contribution >= 4 is 39.0 Å². The number of thiazole rings is 1. The van der Waals surface area contributed by atoms with Crippen molar-refractivity contribution in [3.05, 3.63) is 47.1 Å². The highest BCUT2D eigenvalue weighted by Crippen LogP contribution is 2.22. The fourth-order valence-corrected chi connectivity index (χ4v) is 2.70. The van der Waals surface area contributed by atoms with Gasteiger partial charge < -0.3 is 11.1 Å². The highest BCUT2D eigenvalue weighted by Gasteiger charge is 2.14. The molecule has 0 aliphatic heterocycles. The Morgan fingerprint density at radius 2 is 2.20 bits per heavy atom. The Morgan fingerprint density at radius 1 is 1.35 bits per heavy atom. The molecule has 3 aromatic rings. The fourth-order valence-electron chi connectivity index (χ4n) is 1.97. The predicted octanol–water partition coefficient (Wildman–Crippen LogP) is 2.83. The van der Waals surface area contributed by atoms with E-state index in [1.165, 1.54) is 11.3 Å². The first-order valence-electron chi connectivity index (χ1n) is 6.02. The number of nitrogen functional groups attached to an aromatic ring is 1. The van der Waals surface area contributed by atoms with Crippen LogP contribution in [-0.2, 0) is 0 Å². The van der Waals surface area contributed by atoms with Crippen LogP contribution in [0.2, 0.25) is 0 Å². The number of pyridine rings is 1. The monoisotopic (exact) mass is 284 g/mol. The summed E-state index contributed by atoms with van der Waals surface area (Å²) < 4.78 is 0. The average Bonchev–Trinajstić information content (AvgIpc) is 2.78. The summed E-state index contributed by atoms with van der Waals surface area (Å²) >= 11 is 1.19. The summed E-state index contributed by atoms with van der Waals surface area (Å²) in [6, 6.07) is 9.40. The zero-order chi connectivity index (χ0) is 14.1. The molecule has 1 aromatic carbocycles. The van der Waals surface area contributed by atoms with Crippen LogP contribution in [0, 0.1) is 6.92 Å². The molecule has 3 rings (SSSR count). The first kappa shape index (κ1) is 12.6. The Labute approximate surface area is 119 Å². The summed E-state index contributed by atoms with van der Waals surface area (Å²) in [5.41, 5.74) is 7.87. The molecule has 1 amide bonds. The molecule has 2 aromatic heterocycles. The van der Waals surface area contributed by atoms with Gasteiger partial charge in [-0.25, -0.2) is 4.98 Å². The van der Waals surface area contributed by atoms with Crippen LogP contribution >= 0.6 is 11.3 Å². The minimum atomic E-state index is -0.194. The van der Waals surface area contributed by atoms with Crippen molar-refractivity contribution in [1.82, 2.24) is 9.97 Å². The van der Waals surface area contributed by atoms with Crippen LogP contribution in [0.15, 0.2) is 36.5 Å². The molecule has 0 saturated heterocycles. The number of benzene rings is 1. The number of nitrogens with two attached hydrogens (primary N) is 1. The van der Waals surface area contributed by atoms with Crippen LogP contribution in [0.3, 0.4) is 0 Å². The van der Waals surface area contributed by atoms with Crippen molar-refractivity contribution in [3.63, 3.8) is 0 Å². The first-order valence-corrected chi connectivity index (χ1v) is 6.84. The number of anilines is 2. The van der Waals surface area contributed by atoms with Gasteiger partial charge in [0.1, 0.15) is 4.88 Å². The van der Waals surface area contributed by atoms with E-state index in [2.05, 4.69) is 15.3 Å². The van der Waals surface area contributed by atoms with Crippen molar-refractivity contribution in [2.75, 3.05) is 11.1 Å². The van der Waals surface area contributed by atoms with Gasteiger partial charge in [0.05, 0.1) is 11.2 Å². The van der Waals surface area contributed by atoms with Gasteiger partial charge >= 0.3 is 0 Å². The lowest BCUT2D eigenvalue weighted by molar-refractivity contribution is 0.103. The zero-order valence-electron chi connectivity index (χ0n) is 10.8. The maximum atomic E-state index is 12.2. The van der Waals surface area contributed by atoms with Gasteiger partial charge in [0.2, 0.25) is 0 Å². The van der Waals surface area contributed by atoms with Crippen LogP contribution in [-0.4, -0.2) is 15.9 Å². The molecule has 2 heterocycles. The molecule has 20 heavy (non-hydrogen) atoms. The number of nitrogens with zero attached hydrogens (tertiary/aromatic N) is 2. The fraction of sp³-hybridized carbons (Fsp3) is 0.0714. The molecule has 0 bridgehead atoms. The number of fused-ring (bicyclic) bond motifs is 1. The molecule has 0 unspecified atom stereocenters. The second-order valence-electron chi connectivity index (χ2n) is 4.33. The third-order valence-corrected chi connectivity index (χ3v) is 3.87. The first-order chi connectivity index (χ1) is 9.63. The van der Waals surface area contributed by atoms with Crippen molar-refractivity contribution in [1.29, 1.82) is 0 Å². The van der Waals surface area contributed by atoms with Gasteiger partial charge in [-0.3, -0.25) is 9.78 Å². The maximum absolute atomic E-state index is 12.2. The van der Waals surface area contributed by atoms with E-state index in [9.17, 15) is 4.79 Å². The van der Waals surface area contributed by atoms with Crippen molar-refractivity contribution < 1.29 is 4.79 Å². The average molecular weight is 284 g/mol. The standard InChI is InChI=1S/C14H12N4OS/c1-8-12(20-14(15)17-8)13(19)18-10-4-5-11-9(7-10)3-2-6-16-11/h2-7H,1H3,(H2,15,17)(H,18,19). The van der Waals surface area contributed by atoms with Crippen LogP contribution < -0.4 is 11.1 Å². The van der Waals surface area contributed by atoms with E-state index in [1.807, 2.05) is 30.3 Å². The molecule has 0 radical (unpaired) electrons. The number of nitrogens with one attached hydrogen (secondary N) is 1. The third-order valence-electron chi connectivity index (χ3n) is 2.88. The van der Waals surface area contributed by atoms with Gasteiger partial charge in [-0.2, -0.15) is 0 Å². The van der Waals surface area contributed by atoms with Crippen LogP contribution in [0.25, 0.3) is 10.9 Å². The predicted molar refractivity (Wildman–Crippen MR) is 81.0 cm³/mol. The largest absolute Gasteiger partial charge is 0.375 e. The SMILES string of the molecule is Cc1nc(N)sc1C(=O)Nc1ccc2ncccc2c1. The molecule has 6 heteroatoms. The molecule has 0 aliphatic rings. The topological polar surface area (TPSA) is 80.9 Å². The molecular formula is C14H12N4OS. The summed E-state index contributed by atoms with van der Waals surface area (Å²) in [5.74, 6) is -0.194. The van der Waals surface area contributed by atoms with E-state index in [0.29, 0.717) is 15.7 Å². The number of rotatable bonds is 2. The molecule has 5 nitrogen and oxygen atoms in total. The van der Waals surface area contributed by atoms with Crippen LogP contribution in [0.4, 0.5) is 10.8 Å². The highest BCUT2D eigenvalue weighted by atomic mass is 32.1. The van der Waals surface area contributed by atoms with E-state index >= 15 is 0 Å². The van der Waals surface area contributed by atoms with E-state index < -0.39 is 0 Å². The maximum Gasteiger partial charge on any atom is 0.267 e. The minimum Gasteiger partial charge on any atom is -0.375 e. The Kier molecular flexibility index (Phi) is 3.08. The zero-order valence-corrected chi connectivity index (χ0v) is 11.6. The summed E-state index contributed by atoms with van der Waals surface area (Å²) in [4.78, 5) is 21.0. The molecule has 0 aliphatic carbocycles. The van der Waals surface area contributed by atoms with Crippen molar-refractivity contribution in [3.8, 4) is 0 Å². The number of carbonyl (C=O) groups excluding carboxylic acids is 1. The molecule has 0 atom stereocenters. The number of hydrogen-bond donors (Lipinski definition) is 2. The van der Waals surface area contributed by atoms with Crippen molar-refractivity contribution in [2.45, 2.75) is 6.92 Å². The Balaban J connectivity index is 1.89. The van der Waals surface area contributed by atoms with E-state index in [1.54, 1.807) is 13.1 Å². The van der Waals surface area contributed by atoms with E-state index in [0.717, 1.165) is 16.6 Å². The van der Waals surface area contributed by atoms with Crippen LogP contribution in [0.5, 0.6) is 0 Å². The lowest BCUT2D eigenvalue weighted by atomic mass is 10.2. The molecule has 3 N–H and O–H groups in total. The number of carbonyl (C=O) groups is 1. The van der Waals surface area contributed by atoms with E-state index in [4.69, 9.17) is 5.73 Å². The lowest BCUT2D eigenvalue weighted by Crippen LogP contribution is -2.11. The number of aryl methyl sites for hydroxylation is 1. The highest BCUT2D eigenvalue weighted by molar-refractivity contribution is 7.17. The van der Waals surface area contributed by atoms with Gasteiger partial charge in [-0.1, -0.05) is 17.4 Å². The van der Waals surface area contributed by atoms with Gasteiger partial charge in [0.25, 0.3) is 5.91 Å². The Morgan fingerprint density at radius 3 is 2.95 bits per heavy atom. The van der Waals surface area contributed by atoms with E-state index in [-0.39, 0.29) is 5.91 Å². The van der Waals surface area contributed by atoms with Gasteiger partial charge in [0.15, 0.2) is 5.13 Å². The third kappa shape index (κ3) is 2.33. The summed E-state index contributed by atoms with van der Waals surface area (Å²) in [5, 5.41) is 4.23. The van der Waals surface area contributed by atoms with Crippen molar-refractivity contribution in [2.24, 2.45) is 0 Å². The molecule has 100 valence electrons. The second kappa shape index (κ2) is 4.90. The molecule has 0 fully saturated rings. The van der Waals surface area contributed by atoms with Gasteiger partial charge in [0, 0.05) is 17.3 Å². The summed E-state index contributed by atoms with van der Waals surface area (Å²) in [7, 11) is 0. The Hall–Kier alpha value is -2.47. The molecular weight excluding hydrogens is 272 g/mol. The van der Waals surface area contributed by atoms with Gasteiger partial charge in [-0.05, 0) is 31.2 Å². The smallest absolute Gasteiger partial charge is 0.267 e. The molecule has 0 saturated carbocycles. The minimum absolute atomic E-state index is 0.194. The van der Waals surface area contributed by atoms with Gasteiger partial charge in [-0.15, -0.1) is 0 Å². The normalized spacial score (nSPS) is 10.7. The number of amides is 1. The summed E-state index contributed by atoms with van der Waals surface area (Å²) in [6.07, 6.45) is 1.74. The summed E-state index contributed by atoms with van der Waals surface area (Å²) in [6.45, 7) is 1.77. The number of hydrogen-bond acceptors (Lipinski definition) is 5. The lowest BCUT2D eigenvalue weighted by Gasteiger charge is -2.05. The van der Waals surface area contributed by atoms with Crippen LogP contribution in [0.1, 0.15) is 15.4 Å². The Bertz CT molecular complexity index is 797. The number of aromatic nitrogens is 2. The quantitative estimate of drug-likeness (QED) is 0.758.